The van der Waals surface area contributed by atoms with Crippen molar-refractivity contribution >= 4 is 18.0 Å². The fourth-order valence-electron chi connectivity index (χ4n) is 4.30. The number of carbonyl (C=O) groups is 2. The smallest absolute Gasteiger partial charge is 0.303 e. The second-order valence-electron chi connectivity index (χ2n) is 9.19. The van der Waals surface area contributed by atoms with E-state index in [-0.39, 0.29) is 12.3 Å². The first-order chi connectivity index (χ1) is 18.1. The highest BCUT2D eigenvalue weighted by atomic mass is 16.5. The van der Waals surface area contributed by atoms with E-state index in [1.54, 1.807) is 7.11 Å². The molecule has 1 aliphatic heterocycles. The average Bonchev–Trinajstić information content (AvgIpc) is 3.31. The predicted molar refractivity (Wildman–Crippen MR) is 144 cm³/mol. The van der Waals surface area contributed by atoms with Crippen molar-refractivity contribution in [1.29, 1.82) is 0 Å². The molecule has 0 radical (unpaired) electrons. The van der Waals surface area contributed by atoms with E-state index in [4.69, 9.17) is 14.2 Å². The molecular weight excluding hydrogens is 470 g/mol. The van der Waals surface area contributed by atoms with Crippen LogP contribution in [-0.4, -0.2) is 55.3 Å². The van der Waals surface area contributed by atoms with Gasteiger partial charge in [-0.2, -0.15) is 0 Å². The molecule has 0 atom stereocenters. The maximum atomic E-state index is 11.7. The minimum absolute atomic E-state index is 0.0178. The first-order valence-corrected chi connectivity index (χ1v) is 13.2. The summed E-state index contributed by atoms with van der Waals surface area (Å²) in [6.45, 7) is 2.71. The molecule has 3 rings (SSSR count). The van der Waals surface area contributed by atoms with Crippen LogP contribution in [0.15, 0.2) is 48.5 Å². The number of carboxylic acid groups (broad SMARTS) is 1. The minimum Gasteiger partial charge on any atom is -0.497 e. The number of amides is 1. The highest BCUT2D eigenvalue weighted by Crippen LogP contribution is 2.30. The Balaban J connectivity index is 1.43. The Bertz CT molecular complexity index is 1020. The molecule has 37 heavy (non-hydrogen) atoms. The number of methoxy groups -OCH3 is 1. The molecule has 1 aliphatic rings. The lowest BCUT2D eigenvalue weighted by Crippen LogP contribution is -2.25. The number of carboxylic acids is 1. The lowest BCUT2D eigenvalue weighted by atomic mass is 10.1. The van der Waals surface area contributed by atoms with Gasteiger partial charge in [-0.05, 0) is 74.8 Å². The lowest BCUT2D eigenvalue weighted by Gasteiger charge is -2.17. The molecule has 2 aromatic rings. The van der Waals surface area contributed by atoms with Crippen LogP contribution in [0.4, 0.5) is 0 Å². The van der Waals surface area contributed by atoms with Crippen molar-refractivity contribution in [3.63, 3.8) is 0 Å². The lowest BCUT2D eigenvalue weighted by molar-refractivity contribution is -0.137. The normalized spacial score (nSPS) is 13.3. The zero-order valence-electron chi connectivity index (χ0n) is 21.8. The van der Waals surface area contributed by atoms with Gasteiger partial charge in [0.05, 0.1) is 20.3 Å². The summed E-state index contributed by atoms with van der Waals surface area (Å²) < 4.78 is 17.3. The van der Waals surface area contributed by atoms with E-state index >= 15 is 0 Å². The molecule has 0 bridgehead atoms. The summed E-state index contributed by atoms with van der Waals surface area (Å²) in [5, 5.41) is 9.21. The van der Waals surface area contributed by atoms with Gasteiger partial charge in [-0.15, -0.1) is 0 Å². The van der Waals surface area contributed by atoms with E-state index in [2.05, 4.69) is 12.2 Å². The van der Waals surface area contributed by atoms with Crippen LogP contribution in [-0.2, 0) is 16.0 Å². The number of rotatable bonds is 17. The van der Waals surface area contributed by atoms with Crippen LogP contribution in [0.3, 0.4) is 0 Å². The number of aliphatic carboxylic acids is 1. The van der Waals surface area contributed by atoms with E-state index in [1.807, 2.05) is 47.4 Å². The monoisotopic (exact) mass is 509 g/mol. The zero-order valence-corrected chi connectivity index (χ0v) is 21.8. The molecule has 1 amide bonds. The van der Waals surface area contributed by atoms with Gasteiger partial charge in [0.25, 0.3) is 0 Å². The summed E-state index contributed by atoms with van der Waals surface area (Å²) in [5.41, 5.74) is 1.94. The molecule has 0 aliphatic carbocycles. The third kappa shape index (κ3) is 9.83. The van der Waals surface area contributed by atoms with Crippen LogP contribution in [0.2, 0.25) is 0 Å². The first kappa shape index (κ1) is 28.1. The fraction of sp³-hybridized carbons (Fsp3) is 0.467. The second-order valence-corrected chi connectivity index (χ2v) is 9.19. The number of carbonyl (C=O) groups excluding carboxylic acids is 1. The SMILES string of the molecule is COc1ccc(/C=C/CCCCOc2cccc(OCCCCN3CCCC3=O)c2CCC(=O)O)cc1. The summed E-state index contributed by atoms with van der Waals surface area (Å²) in [5.74, 6) is 1.62. The molecule has 1 N–H and O–H groups in total. The highest BCUT2D eigenvalue weighted by molar-refractivity contribution is 5.78. The molecule has 0 spiro atoms. The molecule has 0 aromatic heterocycles. The number of unbranched alkanes of at least 4 members (excludes halogenated alkanes) is 3. The number of hydrogen-bond acceptors (Lipinski definition) is 5. The fourth-order valence-corrected chi connectivity index (χ4v) is 4.30. The number of nitrogens with zero attached hydrogens (tertiary/aromatic N) is 1. The molecule has 1 heterocycles. The van der Waals surface area contributed by atoms with Gasteiger partial charge in [-0.25, -0.2) is 0 Å². The zero-order chi connectivity index (χ0) is 26.3. The molecule has 2 aromatic carbocycles. The number of allylic oxidation sites excluding steroid dienone is 1. The Hall–Kier alpha value is -3.48. The largest absolute Gasteiger partial charge is 0.497 e. The van der Waals surface area contributed by atoms with Crippen molar-refractivity contribution in [3.8, 4) is 17.2 Å². The van der Waals surface area contributed by atoms with Crippen LogP contribution >= 0.6 is 0 Å². The van der Waals surface area contributed by atoms with Crippen LogP contribution in [0.1, 0.15) is 62.5 Å². The van der Waals surface area contributed by atoms with Crippen molar-refractivity contribution in [2.24, 2.45) is 0 Å². The van der Waals surface area contributed by atoms with Gasteiger partial charge in [0.15, 0.2) is 0 Å². The number of benzene rings is 2. The van der Waals surface area contributed by atoms with E-state index in [1.165, 1.54) is 0 Å². The number of ether oxygens (including phenoxy) is 3. The maximum Gasteiger partial charge on any atom is 0.303 e. The van der Waals surface area contributed by atoms with Crippen LogP contribution in [0.25, 0.3) is 6.08 Å². The quantitative estimate of drug-likeness (QED) is 0.273. The summed E-state index contributed by atoms with van der Waals surface area (Å²) in [6, 6.07) is 13.6. The molecule has 0 saturated carbocycles. The number of hydrogen-bond donors (Lipinski definition) is 1. The third-order valence-electron chi connectivity index (χ3n) is 6.38. The van der Waals surface area contributed by atoms with Gasteiger partial charge in [-0.3, -0.25) is 9.59 Å². The van der Waals surface area contributed by atoms with Crippen LogP contribution in [0.5, 0.6) is 17.2 Å². The minimum atomic E-state index is -0.848. The van der Waals surface area contributed by atoms with Crippen molar-refractivity contribution in [3.05, 3.63) is 59.7 Å². The topological polar surface area (TPSA) is 85.3 Å². The molecular formula is C30H39NO6. The van der Waals surface area contributed by atoms with Crippen molar-refractivity contribution in [1.82, 2.24) is 4.90 Å². The predicted octanol–water partition coefficient (Wildman–Crippen LogP) is 5.76. The van der Waals surface area contributed by atoms with Gasteiger partial charge >= 0.3 is 5.97 Å². The van der Waals surface area contributed by atoms with Crippen molar-refractivity contribution in [2.45, 2.75) is 57.8 Å². The third-order valence-corrected chi connectivity index (χ3v) is 6.38. The van der Waals surface area contributed by atoms with E-state index < -0.39 is 5.97 Å². The Labute approximate surface area is 220 Å². The van der Waals surface area contributed by atoms with Gasteiger partial charge in [0.1, 0.15) is 17.2 Å². The van der Waals surface area contributed by atoms with Gasteiger partial charge in [-0.1, -0.05) is 30.4 Å². The Morgan fingerprint density at radius 2 is 1.70 bits per heavy atom. The molecule has 1 saturated heterocycles. The van der Waals surface area contributed by atoms with Gasteiger partial charge < -0.3 is 24.2 Å². The standard InChI is InChI=1S/C30H39NO6/c1-35-25-16-14-24(15-17-25)10-4-2-3-6-22-36-27-11-8-12-28(26(27)18-19-30(33)34)37-23-7-5-20-31-21-9-13-29(31)32/h4,8,10-12,14-17H,2-3,5-7,9,13,18-23H2,1H3,(H,33,34)/b10-4+. The Morgan fingerprint density at radius 1 is 1.00 bits per heavy atom. The highest BCUT2D eigenvalue weighted by Gasteiger charge is 2.19. The van der Waals surface area contributed by atoms with E-state index in [0.717, 1.165) is 68.5 Å². The van der Waals surface area contributed by atoms with E-state index in [9.17, 15) is 14.7 Å². The molecule has 1 fully saturated rings. The van der Waals surface area contributed by atoms with Crippen LogP contribution in [0, 0.1) is 0 Å². The van der Waals surface area contributed by atoms with Gasteiger partial charge in [0.2, 0.25) is 5.91 Å². The summed E-state index contributed by atoms with van der Waals surface area (Å²) in [6.07, 6.45) is 10.8. The van der Waals surface area contributed by atoms with E-state index in [0.29, 0.717) is 37.6 Å². The molecule has 200 valence electrons. The average molecular weight is 510 g/mol. The molecule has 7 nitrogen and oxygen atoms in total. The Kier molecular flexibility index (Phi) is 11.8. The van der Waals surface area contributed by atoms with Crippen molar-refractivity contribution in [2.75, 3.05) is 33.4 Å². The maximum absolute atomic E-state index is 11.7. The summed E-state index contributed by atoms with van der Waals surface area (Å²) in [4.78, 5) is 24.9. The molecule has 0 unspecified atom stereocenters. The first-order valence-electron chi connectivity index (χ1n) is 13.2. The van der Waals surface area contributed by atoms with Gasteiger partial charge in [0, 0.05) is 31.5 Å². The summed E-state index contributed by atoms with van der Waals surface area (Å²) in [7, 11) is 1.66. The van der Waals surface area contributed by atoms with Crippen LogP contribution < -0.4 is 14.2 Å². The molecule has 7 heteroatoms. The second kappa shape index (κ2) is 15.6. The number of likely N-dealkylation sites (tertiary alicyclic amines) is 1. The van der Waals surface area contributed by atoms with Crippen molar-refractivity contribution < 1.29 is 28.9 Å². The summed E-state index contributed by atoms with van der Waals surface area (Å²) >= 11 is 0. The Morgan fingerprint density at radius 3 is 2.32 bits per heavy atom.